The molecule has 2 fully saturated rings. The summed E-state index contributed by atoms with van der Waals surface area (Å²) in [4.78, 5) is 29.2. The normalized spacial score (nSPS) is 18.6. The van der Waals surface area contributed by atoms with Gasteiger partial charge in [-0.2, -0.15) is 0 Å². The number of amides is 3. The van der Waals surface area contributed by atoms with Gasteiger partial charge in [-0.25, -0.2) is 4.79 Å². The van der Waals surface area contributed by atoms with Gasteiger partial charge in [-0.3, -0.25) is 4.79 Å². The second-order valence-electron chi connectivity index (χ2n) is 8.78. The molecule has 2 heterocycles. The Morgan fingerprint density at radius 1 is 0.844 bits per heavy atom. The lowest BCUT2D eigenvalue weighted by Gasteiger charge is -2.34. The third-order valence-corrected chi connectivity index (χ3v) is 6.28. The number of piperidine rings is 1. The largest absolute Gasteiger partial charge is 0.372 e. The van der Waals surface area contributed by atoms with Gasteiger partial charge in [-0.1, -0.05) is 54.6 Å². The minimum absolute atomic E-state index is 0.0367. The van der Waals surface area contributed by atoms with Crippen molar-refractivity contribution >= 4 is 11.9 Å². The zero-order chi connectivity index (χ0) is 22.2. The Labute approximate surface area is 190 Å². The molecule has 0 spiro atoms. The minimum atomic E-state index is -0.132. The summed E-state index contributed by atoms with van der Waals surface area (Å²) in [5.74, 6) is -0.0951. The van der Waals surface area contributed by atoms with Crippen LogP contribution in [0.2, 0.25) is 0 Å². The summed E-state index contributed by atoms with van der Waals surface area (Å²) in [6, 6.07) is 18.4. The third-order valence-electron chi connectivity index (χ3n) is 6.28. The van der Waals surface area contributed by atoms with Crippen molar-refractivity contribution in [1.82, 2.24) is 15.1 Å². The fourth-order valence-electron chi connectivity index (χ4n) is 4.50. The molecule has 6 nitrogen and oxygen atoms in total. The number of nitrogens with zero attached hydrogens (tertiary/aromatic N) is 2. The van der Waals surface area contributed by atoms with Crippen LogP contribution >= 0.6 is 0 Å². The Morgan fingerprint density at radius 3 is 2.34 bits per heavy atom. The molecule has 170 valence electrons. The SMILES string of the molecule is O=C(NCc1cccc(COCc2ccccc2)c1)[C@H]1CCCN(C(=O)N2CCCC2)C1. The fraction of sp³-hybridized carbons (Fsp3) is 0.462. The van der Waals surface area contributed by atoms with Crippen molar-refractivity contribution in [1.29, 1.82) is 0 Å². The zero-order valence-corrected chi connectivity index (χ0v) is 18.7. The van der Waals surface area contributed by atoms with Crippen LogP contribution < -0.4 is 5.32 Å². The van der Waals surface area contributed by atoms with Crippen molar-refractivity contribution in [2.45, 2.75) is 45.4 Å². The van der Waals surface area contributed by atoms with E-state index in [0.717, 1.165) is 62.0 Å². The van der Waals surface area contributed by atoms with Crippen LogP contribution in [0.1, 0.15) is 42.4 Å². The van der Waals surface area contributed by atoms with E-state index >= 15 is 0 Å². The molecule has 32 heavy (non-hydrogen) atoms. The topological polar surface area (TPSA) is 61.9 Å². The van der Waals surface area contributed by atoms with Crippen molar-refractivity contribution in [2.24, 2.45) is 5.92 Å². The molecule has 2 aliphatic heterocycles. The fourth-order valence-corrected chi connectivity index (χ4v) is 4.50. The van der Waals surface area contributed by atoms with E-state index < -0.39 is 0 Å². The lowest BCUT2D eigenvalue weighted by atomic mass is 9.97. The van der Waals surface area contributed by atoms with Gasteiger partial charge in [0.25, 0.3) is 0 Å². The molecule has 4 rings (SSSR count). The maximum Gasteiger partial charge on any atom is 0.320 e. The molecule has 0 radical (unpaired) electrons. The average molecular weight is 436 g/mol. The number of hydrogen-bond acceptors (Lipinski definition) is 3. The van der Waals surface area contributed by atoms with Gasteiger partial charge in [0.1, 0.15) is 0 Å². The van der Waals surface area contributed by atoms with E-state index in [1.54, 1.807) is 0 Å². The van der Waals surface area contributed by atoms with Crippen LogP contribution in [-0.2, 0) is 29.3 Å². The summed E-state index contributed by atoms with van der Waals surface area (Å²) < 4.78 is 5.83. The lowest BCUT2D eigenvalue weighted by Crippen LogP contribution is -2.49. The number of carbonyl (C=O) groups is 2. The Kier molecular flexibility index (Phi) is 7.77. The molecule has 0 saturated carbocycles. The van der Waals surface area contributed by atoms with E-state index in [1.807, 2.05) is 46.2 Å². The smallest absolute Gasteiger partial charge is 0.320 e. The van der Waals surface area contributed by atoms with Crippen molar-refractivity contribution in [2.75, 3.05) is 26.2 Å². The molecule has 1 N–H and O–H groups in total. The predicted molar refractivity (Wildman–Crippen MR) is 124 cm³/mol. The molecule has 1 atom stereocenters. The lowest BCUT2D eigenvalue weighted by molar-refractivity contribution is -0.126. The van der Waals surface area contributed by atoms with Gasteiger partial charge in [-0.15, -0.1) is 0 Å². The van der Waals surface area contributed by atoms with Gasteiger partial charge >= 0.3 is 6.03 Å². The highest BCUT2D eigenvalue weighted by atomic mass is 16.5. The Bertz CT molecular complexity index is 896. The van der Waals surface area contributed by atoms with Crippen LogP contribution in [0.3, 0.4) is 0 Å². The highest BCUT2D eigenvalue weighted by molar-refractivity contribution is 5.81. The van der Waals surface area contributed by atoms with Gasteiger partial charge in [-0.05, 0) is 42.4 Å². The summed E-state index contributed by atoms with van der Waals surface area (Å²) in [7, 11) is 0. The molecule has 3 amide bonds. The number of urea groups is 1. The van der Waals surface area contributed by atoms with E-state index in [9.17, 15) is 9.59 Å². The molecule has 2 aromatic rings. The summed E-state index contributed by atoms with van der Waals surface area (Å²) >= 11 is 0. The number of nitrogens with one attached hydrogen (secondary N) is 1. The molecule has 0 unspecified atom stereocenters. The molecule has 0 aromatic heterocycles. The molecule has 2 saturated heterocycles. The summed E-state index contributed by atoms with van der Waals surface area (Å²) in [5, 5.41) is 3.08. The van der Waals surface area contributed by atoms with Crippen molar-refractivity contribution in [3.63, 3.8) is 0 Å². The highest BCUT2D eigenvalue weighted by Crippen LogP contribution is 2.20. The summed E-state index contributed by atoms with van der Waals surface area (Å²) in [6.07, 6.45) is 3.88. The molecule has 0 aliphatic carbocycles. The van der Waals surface area contributed by atoms with Gasteiger partial charge in [0.05, 0.1) is 19.1 Å². The zero-order valence-electron chi connectivity index (χ0n) is 18.7. The number of benzene rings is 2. The van der Waals surface area contributed by atoms with E-state index in [-0.39, 0.29) is 17.9 Å². The van der Waals surface area contributed by atoms with Crippen LogP contribution in [0.25, 0.3) is 0 Å². The second kappa shape index (κ2) is 11.1. The number of rotatable bonds is 7. The molecule has 6 heteroatoms. The summed E-state index contributed by atoms with van der Waals surface area (Å²) in [5.41, 5.74) is 3.30. The van der Waals surface area contributed by atoms with Gasteiger partial charge in [0.15, 0.2) is 0 Å². The minimum Gasteiger partial charge on any atom is -0.372 e. The molecule has 0 bridgehead atoms. The van der Waals surface area contributed by atoms with Gasteiger partial charge < -0.3 is 19.9 Å². The first kappa shape index (κ1) is 22.3. The number of likely N-dealkylation sites (tertiary alicyclic amines) is 2. The van der Waals surface area contributed by atoms with Crippen LogP contribution in [0.5, 0.6) is 0 Å². The van der Waals surface area contributed by atoms with E-state index in [1.165, 1.54) is 0 Å². The van der Waals surface area contributed by atoms with Crippen LogP contribution in [-0.4, -0.2) is 47.9 Å². The number of ether oxygens (including phenoxy) is 1. The number of hydrogen-bond donors (Lipinski definition) is 1. The standard InChI is InChI=1S/C26H33N3O3/c30-25(24-12-7-15-29(18-24)26(31)28-13-4-5-14-28)27-17-22-10-6-11-23(16-22)20-32-19-21-8-2-1-3-9-21/h1-3,6,8-11,16,24H,4-5,7,12-15,17-20H2,(H,27,30)/t24-/m0/s1. The molecule has 2 aliphatic rings. The highest BCUT2D eigenvalue weighted by Gasteiger charge is 2.31. The second-order valence-corrected chi connectivity index (χ2v) is 8.78. The van der Waals surface area contributed by atoms with E-state index in [0.29, 0.717) is 26.3 Å². The Balaban J connectivity index is 1.23. The Hall–Kier alpha value is -2.86. The van der Waals surface area contributed by atoms with Crippen LogP contribution in [0, 0.1) is 5.92 Å². The summed E-state index contributed by atoms with van der Waals surface area (Å²) in [6.45, 7) is 4.57. The predicted octanol–water partition coefficient (Wildman–Crippen LogP) is 3.95. The van der Waals surface area contributed by atoms with E-state index in [4.69, 9.17) is 4.74 Å². The molecular formula is C26H33N3O3. The Morgan fingerprint density at radius 2 is 1.53 bits per heavy atom. The quantitative estimate of drug-likeness (QED) is 0.716. The first-order valence-corrected chi connectivity index (χ1v) is 11.7. The van der Waals surface area contributed by atoms with Gasteiger partial charge in [0, 0.05) is 32.7 Å². The number of carbonyl (C=O) groups excluding carboxylic acids is 2. The maximum atomic E-state index is 12.8. The first-order chi connectivity index (χ1) is 15.7. The first-order valence-electron chi connectivity index (χ1n) is 11.7. The van der Waals surface area contributed by atoms with Gasteiger partial charge in [0.2, 0.25) is 5.91 Å². The average Bonchev–Trinajstić information content (AvgIpc) is 3.38. The van der Waals surface area contributed by atoms with E-state index in [2.05, 4.69) is 23.5 Å². The van der Waals surface area contributed by atoms with Crippen LogP contribution in [0.4, 0.5) is 4.79 Å². The van der Waals surface area contributed by atoms with Crippen molar-refractivity contribution in [3.05, 3.63) is 71.3 Å². The monoisotopic (exact) mass is 435 g/mol. The molecular weight excluding hydrogens is 402 g/mol. The van der Waals surface area contributed by atoms with Crippen LogP contribution in [0.15, 0.2) is 54.6 Å². The molecule has 2 aromatic carbocycles. The van der Waals surface area contributed by atoms with Crippen molar-refractivity contribution in [3.8, 4) is 0 Å². The third kappa shape index (κ3) is 6.10. The maximum absolute atomic E-state index is 12.8. The van der Waals surface area contributed by atoms with Crippen molar-refractivity contribution < 1.29 is 14.3 Å².